The van der Waals surface area contributed by atoms with Gasteiger partial charge in [-0.25, -0.2) is 4.79 Å². The second-order valence-corrected chi connectivity index (χ2v) is 12.0. The summed E-state index contributed by atoms with van der Waals surface area (Å²) >= 11 is 0. The fraction of sp³-hybridized carbons (Fsp3) is 0.962. The number of nitrogens with zero attached hydrogens (tertiary/aromatic N) is 4. The van der Waals surface area contributed by atoms with Crippen molar-refractivity contribution in [1.29, 1.82) is 0 Å². The largest absolute Gasteiger partial charge is 0.444 e. The number of amides is 1. The Labute approximate surface area is 208 Å². The Morgan fingerprint density at radius 1 is 0.735 bits per heavy atom. The van der Waals surface area contributed by atoms with Gasteiger partial charge in [0.05, 0.1) is 0 Å². The zero-order chi connectivity index (χ0) is 24.7. The quantitative estimate of drug-likeness (QED) is 0.639. The van der Waals surface area contributed by atoms with Crippen LogP contribution in [0.5, 0.6) is 0 Å². The van der Waals surface area contributed by atoms with E-state index in [1.165, 1.54) is 71.4 Å². The normalized spacial score (nSPS) is 29.1. The van der Waals surface area contributed by atoms with Crippen molar-refractivity contribution >= 4 is 6.09 Å². The van der Waals surface area contributed by atoms with Crippen molar-refractivity contribution in [3.05, 3.63) is 0 Å². The molecule has 8 heteroatoms. The minimum Gasteiger partial charge on any atom is -0.444 e. The smallest absolute Gasteiger partial charge is 0.407 e. The lowest BCUT2D eigenvalue weighted by atomic mass is 10.0. The second-order valence-electron chi connectivity index (χ2n) is 12.0. The van der Waals surface area contributed by atoms with Gasteiger partial charge in [-0.3, -0.25) is 9.80 Å². The number of ether oxygens (including phenoxy) is 1. The van der Waals surface area contributed by atoms with Crippen LogP contribution in [0.4, 0.5) is 4.79 Å². The molecule has 0 unspecified atom stereocenters. The number of likely N-dealkylation sites (N-methyl/N-ethyl adjacent to an activating group) is 1. The van der Waals surface area contributed by atoms with Crippen molar-refractivity contribution in [3.8, 4) is 0 Å². The Morgan fingerprint density at radius 3 is 1.59 bits per heavy atom. The van der Waals surface area contributed by atoms with Gasteiger partial charge in [0.2, 0.25) is 0 Å². The van der Waals surface area contributed by atoms with Gasteiger partial charge < -0.3 is 25.2 Å². The summed E-state index contributed by atoms with van der Waals surface area (Å²) in [6.07, 6.45) is 7.31. The van der Waals surface area contributed by atoms with Crippen LogP contribution in [-0.2, 0) is 4.74 Å². The van der Waals surface area contributed by atoms with Gasteiger partial charge in [0.15, 0.2) is 0 Å². The second kappa shape index (κ2) is 12.9. The molecule has 4 heterocycles. The first-order chi connectivity index (χ1) is 16.1. The zero-order valence-electron chi connectivity index (χ0n) is 22.8. The van der Waals surface area contributed by atoms with E-state index in [9.17, 15) is 4.79 Å². The molecule has 0 spiro atoms. The first-order valence-electron chi connectivity index (χ1n) is 13.6. The highest BCUT2D eigenvalue weighted by atomic mass is 16.6. The summed E-state index contributed by atoms with van der Waals surface area (Å²) in [5.41, 5.74) is -0.420. The van der Waals surface area contributed by atoms with Crippen LogP contribution in [0, 0.1) is 0 Å². The summed E-state index contributed by atoms with van der Waals surface area (Å²) in [6, 6.07) is 2.54. The van der Waals surface area contributed by atoms with Crippen LogP contribution in [0.15, 0.2) is 0 Å². The van der Waals surface area contributed by atoms with Crippen LogP contribution >= 0.6 is 0 Å². The molecular formula is C26H52N6O2. The van der Waals surface area contributed by atoms with E-state index in [1.54, 1.807) is 0 Å². The molecule has 0 bridgehead atoms. The third-order valence-corrected chi connectivity index (χ3v) is 7.98. The minimum absolute atomic E-state index is 0.240. The van der Waals surface area contributed by atoms with Gasteiger partial charge in [0.25, 0.3) is 0 Å². The average molecular weight is 481 g/mol. The van der Waals surface area contributed by atoms with Crippen molar-refractivity contribution < 1.29 is 9.53 Å². The van der Waals surface area contributed by atoms with E-state index in [4.69, 9.17) is 4.74 Å². The highest BCUT2D eigenvalue weighted by Crippen LogP contribution is 2.22. The molecule has 4 fully saturated rings. The Morgan fingerprint density at radius 2 is 1.18 bits per heavy atom. The highest BCUT2D eigenvalue weighted by molar-refractivity contribution is 5.68. The number of carbonyl (C=O) groups excluding carboxylic acids is 1. The molecule has 34 heavy (non-hydrogen) atoms. The molecule has 0 aromatic carbocycles. The fourth-order valence-electron chi connectivity index (χ4n) is 5.79. The summed E-state index contributed by atoms with van der Waals surface area (Å²) in [5.74, 6) is 0. The third-order valence-electron chi connectivity index (χ3n) is 7.98. The van der Waals surface area contributed by atoms with Crippen molar-refractivity contribution in [2.75, 3.05) is 73.5 Å². The maximum absolute atomic E-state index is 11.8. The predicted molar refractivity (Wildman–Crippen MR) is 139 cm³/mol. The number of nitrogens with one attached hydrogen (secondary N) is 2. The molecule has 0 aromatic rings. The molecule has 1 amide bonds. The number of alkyl carbamates (subject to hydrolysis) is 1. The summed E-state index contributed by atoms with van der Waals surface area (Å²) in [6.45, 7) is 15.3. The van der Waals surface area contributed by atoms with E-state index in [2.05, 4.69) is 51.4 Å². The molecular weight excluding hydrogens is 428 g/mol. The van der Waals surface area contributed by atoms with Gasteiger partial charge in [0.1, 0.15) is 5.60 Å². The lowest BCUT2D eigenvalue weighted by molar-refractivity contribution is 0.0502. The zero-order valence-corrected chi connectivity index (χ0v) is 22.8. The summed E-state index contributed by atoms with van der Waals surface area (Å²) < 4.78 is 5.32. The van der Waals surface area contributed by atoms with Crippen molar-refractivity contribution in [1.82, 2.24) is 30.2 Å². The summed E-state index contributed by atoms with van der Waals surface area (Å²) in [4.78, 5) is 21.8. The maximum Gasteiger partial charge on any atom is 0.407 e. The lowest BCUT2D eigenvalue weighted by Gasteiger charge is -2.35. The van der Waals surface area contributed by atoms with Gasteiger partial charge in [0, 0.05) is 50.3 Å². The Bertz CT molecular complexity index is 611. The van der Waals surface area contributed by atoms with Crippen molar-refractivity contribution in [3.63, 3.8) is 0 Å². The SMILES string of the molecule is CN1CCC(N2CC[C@@H](NC(=O)OC(C)(C)C)C2)CC1.CN[C@@H]1CCN(C2CCN(C)CC2)C1. The first-order valence-corrected chi connectivity index (χ1v) is 13.6. The molecule has 2 N–H and O–H groups in total. The number of rotatable bonds is 4. The predicted octanol–water partition coefficient (Wildman–Crippen LogP) is 2.05. The van der Waals surface area contributed by atoms with E-state index in [0.29, 0.717) is 6.04 Å². The molecule has 0 radical (unpaired) electrons. The molecule has 4 rings (SSSR count). The van der Waals surface area contributed by atoms with E-state index in [-0.39, 0.29) is 12.1 Å². The van der Waals surface area contributed by atoms with Crippen LogP contribution in [0.25, 0.3) is 0 Å². The van der Waals surface area contributed by atoms with Crippen LogP contribution in [0.2, 0.25) is 0 Å². The molecule has 4 aliphatic rings. The molecule has 198 valence electrons. The van der Waals surface area contributed by atoms with Crippen molar-refractivity contribution in [2.24, 2.45) is 0 Å². The summed E-state index contributed by atoms with van der Waals surface area (Å²) in [7, 11) is 6.51. The standard InChI is InChI=1S/C15H29N3O2.C11H23N3/c1-15(2,3)20-14(19)16-12-5-10-18(11-12)13-6-8-17(4)9-7-13;1-12-10-3-8-14(9-10)11-4-6-13(2)7-5-11/h12-13H,5-11H2,1-4H3,(H,16,19);10-12H,3-9H2,1-2H3/t12-;10-/m11/s1. The third kappa shape index (κ3) is 8.94. The Hall–Kier alpha value is -0.930. The van der Waals surface area contributed by atoms with E-state index in [0.717, 1.165) is 31.6 Å². The maximum atomic E-state index is 11.8. The van der Waals surface area contributed by atoms with Crippen LogP contribution in [0.1, 0.15) is 59.3 Å². The molecule has 8 nitrogen and oxygen atoms in total. The number of likely N-dealkylation sites (tertiary alicyclic amines) is 4. The molecule has 0 aliphatic carbocycles. The van der Waals surface area contributed by atoms with Crippen LogP contribution < -0.4 is 10.6 Å². The topological polar surface area (TPSA) is 63.3 Å². The molecule has 4 saturated heterocycles. The van der Waals surface area contributed by atoms with Gasteiger partial charge in [-0.2, -0.15) is 0 Å². The molecule has 4 aliphatic heterocycles. The fourth-order valence-corrected chi connectivity index (χ4v) is 5.79. The molecule has 2 atom stereocenters. The van der Waals surface area contributed by atoms with Gasteiger partial charge in [-0.15, -0.1) is 0 Å². The van der Waals surface area contributed by atoms with E-state index >= 15 is 0 Å². The van der Waals surface area contributed by atoms with Crippen molar-refractivity contribution in [2.45, 2.75) is 89.1 Å². The highest BCUT2D eigenvalue weighted by Gasteiger charge is 2.32. The van der Waals surface area contributed by atoms with Gasteiger partial charge in [-0.1, -0.05) is 0 Å². The van der Waals surface area contributed by atoms with E-state index in [1.807, 2.05) is 20.8 Å². The number of piperidine rings is 2. The van der Waals surface area contributed by atoms with Crippen LogP contribution in [-0.4, -0.2) is 129 Å². The first kappa shape index (κ1) is 27.7. The molecule has 0 aromatic heterocycles. The number of carbonyl (C=O) groups is 1. The Balaban J connectivity index is 0.000000202. The lowest BCUT2D eigenvalue weighted by Crippen LogP contribution is -2.45. The van der Waals surface area contributed by atoms with E-state index < -0.39 is 5.60 Å². The average Bonchev–Trinajstić information content (AvgIpc) is 3.44. The molecule has 0 saturated carbocycles. The van der Waals surface area contributed by atoms with Crippen LogP contribution in [0.3, 0.4) is 0 Å². The van der Waals surface area contributed by atoms with Gasteiger partial charge >= 0.3 is 6.09 Å². The minimum atomic E-state index is -0.420. The van der Waals surface area contributed by atoms with Gasteiger partial charge in [-0.05, 0) is 107 Å². The summed E-state index contributed by atoms with van der Waals surface area (Å²) in [5, 5.41) is 6.39. The number of hydrogen-bond donors (Lipinski definition) is 2. The Kier molecular flexibility index (Phi) is 10.5. The number of hydrogen-bond acceptors (Lipinski definition) is 7. The monoisotopic (exact) mass is 480 g/mol.